The van der Waals surface area contributed by atoms with Crippen molar-refractivity contribution >= 4 is 10.9 Å². The summed E-state index contributed by atoms with van der Waals surface area (Å²) in [6.45, 7) is 5.55. The van der Waals surface area contributed by atoms with Gasteiger partial charge in [0.2, 0.25) is 0 Å². The molecule has 4 nitrogen and oxygen atoms in total. The van der Waals surface area contributed by atoms with E-state index in [1.165, 1.54) is 27.7 Å². The molecule has 0 N–H and O–H groups in total. The Morgan fingerprint density at radius 3 is 2.54 bits per heavy atom. The predicted molar refractivity (Wildman–Crippen MR) is 98.9 cm³/mol. The fourth-order valence-corrected chi connectivity index (χ4v) is 3.54. The Labute approximate surface area is 143 Å². The summed E-state index contributed by atoms with van der Waals surface area (Å²) in [4.78, 5) is 9.41. The van der Waals surface area contributed by atoms with Crippen molar-refractivity contribution < 1.29 is 0 Å². The molecule has 1 aliphatic heterocycles. The summed E-state index contributed by atoms with van der Waals surface area (Å²) < 4.78 is 2.26. The topological polar surface area (TPSA) is 24.3 Å². The van der Waals surface area contributed by atoms with E-state index < -0.39 is 0 Å². The number of aryl methyl sites for hydroxylation is 1. The third kappa shape index (κ3) is 2.95. The van der Waals surface area contributed by atoms with E-state index in [9.17, 15) is 0 Å². The first kappa shape index (κ1) is 15.4. The molecule has 0 unspecified atom stereocenters. The second-order valence-corrected chi connectivity index (χ2v) is 6.81. The molecule has 24 heavy (non-hydrogen) atoms. The van der Waals surface area contributed by atoms with E-state index in [2.05, 4.69) is 69.8 Å². The van der Waals surface area contributed by atoms with Gasteiger partial charge >= 0.3 is 0 Å². The van der Waals surface area contributed by atoms with Gasteiger partial charge in [-0.05, 0) is 30.8 Å². The van der Waals surface area contributed by atoms with Gasteiger partial charge in [-0.1, -0.05) is 18.2 Å². The van der Waals surface area contributed by atoms with E-state index in [-0.39, 0.29) is 0 Å². The van der Waals surface area contributed by atoms with Crippen LogP contribution in [0.1, 0.15) is 5.56 Å². The van der Waals surface area contributed by atoms with Gasteiger partial charge in [0.25, 0.3) is 0 Å². The van der Waals surface area contributed by atoms with Gasteiger partial charge in [0.05, 0.1) is 5.69 Å². The van der Waals surface area contributed by atoms with Crippen molar-refractivity contribution in [1.29, 1.82) is 0 Å². The molecule has 1 aromatic carbocycles. The molecule has 0 saturated carbocycles. The highest BCUT2D eigenvalue weighted by Gasteiger charge is 2.15. The van der Waals surface area contributed by atoms with Crippen LogP contribution in [0.2, 0.25) is 0 Å². The Hall–Kier alpha value is -2.17. The van der Waals surface area contributed by atoms with Crippen LogP contribution in [0.3, 0.4) is 0 Å². The minimum Gasteiger partial charge on any atom is -0.344 e. The first-order valence-electron chi connectivity index (χ1n) is 8.60. The van der Waals surface area contributed by atoms with Crippen LogP contribution in [0.5, 0.6) is 0 Å². The fraction of sp³-hybridized carbons (Fsp3) is 0.350. The first-order chi connectivity index (χ1) is 11.7. The van der Waals surface area contributed by atoms with E-state index in [1.54, 1.807) is 0 Å². The number of piperazine rings is 1. The molecule has 124 valence electrons. The monoisotopic (exact) mass is 320 g/mol. The van der Waals surface area contributed by atoms with E-state index in [1.807, 2.05) is 12.4 Å². The van der Waals surface area contributed by atoms with Crippen LogP contribution in [0.25, 0.3) is 22.2 Å². The molecule has 0 bridgehead atoms. The summed E-state index contributed by atoms with van der Waals surface area (Å²) in [7, 11) is 4.32. The van der Waals surface area contributed by atoms with Crippen LogP contribution in [0.15, 0.2) is 48.8 Å². The van der Waals surface area contributed by atoms with Crippen LogP contribution in [0, 0.1) is 0 Å². The Balaban J connectivity index is 1.61. The Kier molecular flexibility index (Phi) is 4.08. The molecule has 4 rings (SSSR count). The maximum atomic E-state index is 4.50. The third-order valence-corrected chi connectivity index (χ3v) is 5.04. The van der Waals surface area contributed by atoms with Crippen LogP contribution < -0.4 is 0 Å². The minimum absolute atomic E-state index is 0.985. The molecular weight excluding hydrogens is 296 g/mol. The number of pyridine rings is 1. The number of para-hydroxylation sites is 1. The number of fused-ring (bicyclic) bond motifs is 1. The molecule has 3 aromatic rings. The summed E-state index contributed by atoms with van der Waals surface area (Å²) >= 11 is 0. The second-order valence-electron chi connectivity index (χ2n) is 6.81. The normalized spacial score (nSPS) is 16.8. The molecule has 1 saturated heterocycles. The molecule has 0 amide bonds. The second kappa shape index (κ2) is 6.38. The van der Waals surface area contributed by atoms with Crippen molar-refractivity contribution in [1.82, 2.24) is 19.4 Å². The molecule has 2 aromatic heterocycles. The van der Waals surface area contributed by atoms with Gasteiger partial charge in [0.1, 0.15) is 0 Å². The lowest BCUT2D eigenvalue weighted by Crippen LogP contribution is -2.43. The lowest BCUT2D eigenvalue weighted by Gasteiger charge is -2.32. The van der Waals surface area contributed by atoms with Gasteiger partial charge in [-0.2, -0.15) is 0 Å². The van der Waals surface area contributed by atoms with Gasteiger partial charge in [-0.15, -0.1) is 0 Å². The maximum absolute atomic E-state index is 4.50. The average molecular weight is 320 g/mol. The van der Waals surface area contributed by atoms with E-state index in [0.29, 0.717) is 0 Å². The van der Waals surface area contributed by atoms with E-state index in [0.717, 1.165) is 32.7 Å². The summed E-state index contributed by atoms with van der Waals surface area (Å²) in [6, 6.07) is 13.1. The highest BCUT2D eigenvalue weighted by Crippen LogP contribution is 2.27. The number of rotatable bonds is 3. The van der Waals surface area contributed by atoms with Crippen molar-refractivity contribution in [3.63, 3.8) is 0 Å². The van der Waals surface area contributed by atoms with Gasteiger partial charge in [0, 0.05) is 68.6 Å². The molecule has 0 spiro atoms. The van der Waals surface area contributed by atoms with Crippen molar-refractivity contribution in [3.8, 4) is 11.3 Å². The van der Waals surface area contributed by atoms with Crippen LogP contribution in [-0.2, 0) is 13.6 Å². The van der Waals surface area contributed by atoms with Crippen molar-refractivity contribution in [2.75, 3.05) is 33.2 Å². The van der Waals surface area contributed by atoms with Gasteiger partial charge in [0.15, 0.2) is 0 Å². The Morgan fingerprint density at radius 2 is 1.75 bits per heavy atom. The number of likely N-dealkylation sites (N-methyl/N-ethyl adjacent to an activating group) is 1. The zero-order valence-electron chi connectivity index (χ0n) is 14.4. The predicted octanol–water partition coefficient (Wildman–Crippen LogP) is 2.99. The summed E-state index contributed by atoms with van der Waals surface area (Å²) in [5.41, 5.74) is 4.98. The zero-order chi connectivity index (χ0) is 16.5. The van der Waals surface area contributed by atoms with Crippen LogP contribution >= 0.6 is 0 Å². The number of aromatic nitrogens is 2. The van der Waals surface area contributed by atoms with Crippen LogP contribution in [-0.4, -0.2) is 52.6 Å². The fourth-order valence-electron chi connectivity index (χ4n) is 3.54. The van der Waals surface area contributed by atoms with Crippen molar-refractivity contribution in [3.05, 3.63) is 54.4 Å². The largest absolute Gasteiger partial charge is 0.344 e. The van der Waals surface area contributed by atoms with Gasteiger partial charge in [-0.3, -0.25) is 9.88 Å². The van der Waals surface area contributed by atoms with Crippen LogP contribution in [0.4, 0.5) is 0 Å². The number of hydrogen-bond acceptors (Lipinski definition) is 3. The summed E-state index contributed by atoms with van der Waals surface area (Å²) in [6.07, 6.45) is 3.98. The SMILES string of the molecule is CN1CCN(Cc2cncc(-c3cc4ccccc4n3C)c2)CC1. The van der Waals surface area contributed by atoms with E-state index in [4.69, 9.17) is 0 Å². The maximum Gasteiger partial charge on any atom is 0.0504 e. The Morgan fingerprint density at radius 1 is 0.958 bits per heavy atom. The highest BCUT2D eigenvalue weighted by molar-refractivity contribution is 5.86. The number of hydrogen-bond donors (Lipinski definition) is 0. The van der Waals surface area contributed by atoms with Gasteiger partial charge in [-0.25, -0.2) is 0 Å². The molecule has 4 heteroatoms. The van der Waals surface area contributed by atoms with Crippen molar-refractivity contribution in [2.24, 2.45) is 7.05 Å². The summed E-state index contributed by atoms with van der Waals surface area (Å²) in [5, 5.41) is 1.28. The van der Waals surface area contributed by atoms with Crippen molar-refractivity contribution in [2.45, 2.75) is 6.54 Å². The quantitative estimate of drug-likeness (QED) is 0.741. The molecular formula is C20H24N4. The zero-order valence-corrected chi connectivity index (χ0v) is 14.4. The lowest BCUT2D eigenvalue weighted by atomic mass is 10.1. The first-order valence-corrected chi connectivity index (χ1v) is 8.60. The highest BCUT2D eigenvalue weighted by atomic mass is 15.2. The minimum atomic E-state index is 0.985. The Bertz CT molecular complexity index is 844. The molecule has 1 aliphatic rings. The lowest BCUT2D eigenvalue weighted by molar-refractivity contribution is 0.148. The molecule has 0 aliphatic carbocycles. The molecule has 3 heterocycles. The molecule has 1 fully saturated rings. The number of benzene rings is 1. The summed E-state index contributed by atoms with van der Waals surface area (Å²) in [5.74, 6) is 0. The average Bonchev–Trinajstić information content (AvgIpc) is 2.95. The third-order valence-electron chi connectivity index (χ3n) is 5.04. The standard InChI is InChI=1S/C20H24N4/c1-22-7-9-24(10-8-22)15-16-11-18(14-21-13-16)20-12-17-5-3-4-6-19(17)23(20)2/h3-6,11-14H,7-10,15H2,1-2H3. The molecule has 0 radical (unpaired) electrons. The molecule has 0 atom stereocenters. The smallest absolute Gasteiger partial charge is 0.0504 e. The number of nitrogens with zero attached hydrogens (tertiary/aromatic N) is 4. The van der Waals surface area contributed by atoms with E-state index >= 15 is 0 Å². The van der Waals surface area contributed by atoms with Gasteiger partial charge < -0.3 is 9.47 Å².